The highest BCUT2D eigenvalue weighted by Crippen LogP contribution is 2.31. The van der Waals surface area contributed by atoms with E-state index in [0.29, 0.717) is 30.5 Å². The molecule has 0 saturated carbocycles. The van der Waals surface area contributed by atoms with Gasteiger partial charge in [0.15, 0.2) is 18.1 Å². The predicted molar refractivity (Wildman–Crippen MR) is 119 cm³/mol. The number of anilines is 1. The average Bonchev–Trinajstić information content (AvgIpc) is 3.22. The molecule has 0 spiro atoms. The molecule has 32 heavy (non-hydrogen) atoms. The third-order valence-corrected chi connectivity index (χ3v) is 4.86. The van der Waals surface area contributed by atoms with Gasteiger partial charge in [0.2, 0.25) is 0 Å². The number of nitrogens with one attached hydrogen (secondary N) is 1. The topological polar surface area (TPSA) is 91.7 Å². The summed E-state index contributed by atoms with van der Waals surface area (Å²) >= 11 is 0. The highest BCUT2D eigenvalue weighted by atomic mass is 16.6. The Morgan fingerprint density at radius 1 is 1.03 bits per heavy atom. The second-order valence-corrected chi connectivity index (χ2v) is 8.39. The van der Waals surface area contributed by atoms with E-state index in [1.54, 1.807) is 22.9 Å². The minimum absolute atomic E-state index is 0.204. The summed E-state index contributed by atoms with van der Waals surface area (Å²) < 4.78 is 17.8. The van der Waals surface area contributed by atoms with Crippen molar-refractivity contribution in [3.05, 3.63) is 65.9 Å². The first-order valence-corrected chi connectivity index (χ1v) is 10.3. The van der Waals surface area contributed by atoms with Crippen molar-refractivity contribution in [1.29, 1.82) is 0 Å². The summed E-state index contributed by atoms with van der Waals surface area (Å²) in [5.74, 6) is 0.477. The monoisotopic (exact) mass is 435 g/mol. The second-order valence-electron chi connectivity index (χ2n) is 8.39. The number of carbonyl (C=O) groups excluding carboxylic acids is 2. The van der Waals surface area contributed by atoms with Crippen LogP contribution in [0.5, 0.6) is 11.5 Å². The molecule has 8 heteroatoms. The van der Waals surface area contributed by atoms with E-state index in [1.165, 1.54) is 0 Å². The molecule has 0 saturated heterocycles. The van der Waals surface area contributed by atoms with E-state index in [0.717, 1.165) is 11.4 Å². The molecule has 0 fully saturated rings. The van der Waals surface area contributed by atoms with Gasteiger partial charge in [-0.3, -0.25) is 4.79 Å². The van der Waals surface area contributed by atoms with Gasteiger partial charge >= 0.3 is 5.97 Å². The molecule has 2 heterocycles. The number of carbonyl (C=O) groups is 2. The summed E-state index contributed by atoms with van der Waals surface area (Å²) in [6.45, 7) is 6.59. The lowest BCUT2D eigenvalue weighted by atomic mass is 9.92. The second kappa shape index (κ2) is 8.74. The minimum atomic E-state index is -0.621. The van der Waals surface area contributed by atoms with E-state index in [-0.39, 0.29) is 11.0 Å². The van der Waals surface area contributed by atoms with Crippen LogP contribution in [0.1, 0.15) is 36.8 Å². The summed E-state index contributed by atoms with van der Waals surface area (Å²) in [6.07, 6.45) is 0. The molecular weight excluding hydrogens is 410 g/mol. The third-order valence-electron chi connectivity index (χ3n) is 4.86. The van der Waals surface area contributed by atoms with Gasteiger partial charge in [0.1, 0.15) is 19.0 Å². The van der Waals surface area contributed by atoms with Crippen molar-refractivity contribution in [1.82, 2.24) is 9.78 Å². The largest absolute Gasteiger partial charge is 0.486 e. The molecular formula is C24H25N3O5. The van der Waals surface area contributed by atoms with Crippen LogP contribution in [-0.2, 0) is 14.9 Å². The molecule has 0 atom stereocenters. The van der Waals surface area contributed by atoms with Crippen LogP contribution < -0.4 is 14.8 Å². The van der Waals surface area contributed by atoms with Crippen molar-refractivity contribution < 1.29 is 23.8 Å². The van der Waals surface area contributed by atoms with Gasteiger partial charge in [-0.1, -0.05) is 39.0 Å². The highest BCUT2D eigenvalue weighted by molar-refractivity contribution is 5.95. The zero-order valence-electron chi connectivity index (χ0n) is 18.3. The van der Waals surface area contributed by atoms with Gasteiger partial charge in [0.05, 0.1) is 16.9 Å². The number of hydrogen-bond donors (Lipinski definition) is 1. The van der Waals surface area contributed by atoms with E-state index < -0.39 is 18.5 Å². The summed E-state index contributed by atoms with van der Waals surface area (Å²) in [5, 5.41) is 7.45. The SMILES string of the molecule is CC(C)(C)c1cc(NC(=O)COC(=O)c2ccc3c(c2)OCCO3)n(-c2ccccc2)n1. The Morgan fingerprint density at radius 2 is 1.75 bits per heavy atom. The Bertz CT molecular complexity index is 1130. The number of para-hydroxylation sites is 1. The van der Waals surface area contributed by atoms with E-state index in [2.05, 4.69) is 10.4 Å². The third kappa shape index (κ3) is 4.74. The zero-order chi connectivity index (χ0) is 22.7. The molecule has 1 aliphatic heterocycles. The number of fused-ring (bicyclic) bond motifs is 1. The first kappa shape index (κ1) is 21.4. The van der Waals surface area contributed by atoms with E-state index in [4.69, 9.17) is 14.2 Å². The maximum absolute atomic E-state index is 12.5. The molecule has 1 aromatic heterocycles. The smallest absolute Gasteiger partial charge is 0.338 e. The summed E-state index contributed by atoms with van der Waals surface area (Å²) in [6, 6.07) is 16.1. The Balaban J connectivity index is 1.45. The molecule has 1 N–H and O–H groups in total. The lowest BCUT2D eigenvalue weighted by Gasteiger charge is -2.18. The van der Waals surface area contributed by atoms with Crippen LogP contribution >= 0.6 is 0 Å². The predicted octanol–water partition coefficient (Wildman–Crippen LogP) is 3.74. The molecule has 4 rings (SSSR count). The normalized spacial score (nSPS) is 12.8. The number of esters is 1. The minimum Gasteiger partial charge on any atom is -0.486 e. The van der Waals surface area contributed by atoms with Gasteiger partial charge in [0.25, 0.3) is 5.91 Å². The average molecular weight is 435 g/mol. The highest BCUT2D eigenvalue weighted by Gasteiger charge is 2.22. The molecule has 3 aromatic rings. The summed E-state index contributed by atoms with van der Waals surface area (Å²) in [7, 11) is 0. The molecule has 1 aliphatic rings. The number of hydrogen-bond acceptors (Lipinski definition) is 6. The van der Waals surface area contributed by atoms with Crippen LogP contribution in [0.25, 0.3) is 5.69 Å². The van der Waals surface area contributed by atoms with Gasteiger partial charge in [-0.05, 0) is 30.3 Å². The fourth-order valence-corrected chi connectivity index (χ4v) is 3.17. The number of amides is 1. The van der Waals surface area contributed by atoms with Gasteiger partial charge in [0, 0.05) is 11.5 Å². The van der Waals surface area contributed by atoms with Gasteiger partial charge in [-0.15, -0.1) is 0 Å². The maximum Gasteiger partial charge on any atom is 0.338 e. The molecule has 2 aromatic carbocycles. The standard InChI is InChI=1S/C24H25N3O5/c1-24(2,3)20-14-21(27(26-20)17-7-5-4-6-8-17)25-22(28)15-32-23(29)16-9-10-18-19(13-16)31-12-11-30-18/h4-10,13-14H,11-12,15H2,1-3H3,(H,25,28). The Morgan fingerprint density at radius 3 is 2.47 bits per heavy atom. The maximum atomic E-state index is 12.5. The van der Waals surface area contributed by atoms with Crippen molar-refractivity contribution in [3.63, 3.8) is 0 Å². The van der Waals surface area contributed by atoms with Crippen LogP contribution in [0, 0.1) is 0 Å². The molecule has 0 radical (unpaired) electrons. The van der Waals surface area contributed by atoms with Crippen LogP contribution in [-0.4, -0.2) is 41.5 Å². The van der Waals surface area contributed by atoms with E-state index >= 15 is 0 Å². The number of benzene rings is 2. The van der Waals surface area contributed by atoms with Crippen molar-refractivity contribution in [2.45, 2.75) is 26.2 Å². The summed E-state index contributed by atoms with van der Waals surface area (Å²) in [4.78, 5) is 24.9. The summed E-state index contributed by atoms with van der Waals surface area (Å²) in [5.41, 5.74) is 1.72. The van der Waals surface area contributed by atoms with Crippen LogP contribution in [0.3, 0.4) is 0 Å². The lowest BCUT2D eigenvalue weighted by molar-refractivity contribution is -0.119. The fourth-order valence-electron chi connectivity index (χ4n) is 3.17. The Labute approximate surface area is 186 Å². The Hall–Kier alpha value is -3.81. The van der Waals surface area contributed by atoms with Crippen molar-refractivity contribution in [2.75, 3.05) is 25.1 Å². The first-order valence-electron chi connectivity index (χ1n) is 10.3. The molecule has 0 bridgehead atoms. The Kier molecular flexibility index (Phi) is 5.85. The van der Waals surface area contributed by atoms with Crippen molar-refractivity contribution in [3.8, 4) is 17.2 Å². The number of nitrogens with zero attached hydrogens (tertiary/aromatic N) is 2. The number of ether oxygens (including phenoxy) is 3. The fraction of sp³-hybridized carbons (Fsp3) is 0.292. The van der Waals surface area contributed by atoms with E-state index in [9.17, 15) is 9.59 Å². The van der Waals surface area contributed by atoms with Gasteiger partial charge in [-0.2, -0.15) is 5.10 Å². The molecule has 1 amide bonds. The van der Waals surface area contributed by atoms with Gasteiger partial charge < -0.3 is 19.5 Å². The first-order chi connectivity index (χ1) is 15.3. The zero-order valence-corrected chi connectivity index (χ0v) is 18.3. The molecule has 0 aliphatic carbocycles. The molecule has 8 nitrogen and oxygen atoms in total. The van der Waals surface area contributed by atoms with Crippen LogP contribution in [0.4, 0.5) is 5.82 Å². The van der Waals surface area contributed by atoms with Crippen molar-refractivity contribution in [2.24, 2.45) is 0 Å². The quantitative estimate of drug-likeness (QED) is 0.614. The number of rotatable bonds is 5. The molecule has 0 unspecified atom stereocenters. The van der Waals surface area contributed by atoms with Crippen molar-refractivity contribution >= 4 is 17.7 Å². The number of aromatic nitrogens is 2. The van der Waals surface area contributed by atoms with E-state index in [1.807, 2.05) is 57.2 Å². The molecule has 166 valence electrons. The van der Waals surface area contributed by atoms with Crippen LogP contribution in [0.15, 0.2) is 54.6 Å². The van der Waals surface area contributed by atoms with Gasteiger partial charge in [-0.25, -0.2) is 9.48 Å². The lowest BCUT2D eigenvalue weighted by Crippen LogP contribution is -2.22. The van der Waals surface area contributed by atoms with Crippen LogP contribution in [0.2, 0.25) is 0 Å².